The van der Waals surface area contributed by atoms with Crippen LogP contribution in [0.1, 0.15) is 24.2 Å². The molecular formula is C14H21N3O3. The second-order valence-electron chi connectivity index (χ2n) is 5.47. The van der Waals surface area contributed by atoms with Crippen LogP contribution in [-0.4, -0.2) is 47.6 Å². The number of anilines is 1. The van der Waals surface area contributed by atoms with Crippen molar-refractivity contribution in [3.63, 3.8) is 0 Å². The molecular weight excluding hydrogens is 258 g/mol. The van der Waals surface area contributed by atoms with Crippen molar-refractivity contribution in [2.75, 3.05) is 25.5 Å². The molecule has 0 atom stereocenters. The third-order valence-corrected chi connectivity index (χ3v) is 2.52. The Kier molecular flexibility index (Phi) is 5.24. The van der Waals surface area contributed by atoms with Gasteiger partial charge in [-0.25, -0.2) is 0 Å². The van der Waals surface area contributed by atoms with Crippen LogP contribution in [0.15, 0.2) is 24.3 Å². The van der Waals surface area contributed by atoms with E-state index in [9.17, 15) is 14.7 Å². The van der Waals surface area contributed by atoms with Gasteiger partial charge in [-0.3, -0.25) is 14.5 Å². The zero-order chi connectivity index (χ0) is 15.3. The monoisotopic (exact) mass is 279 g/mol. The van der Waals surface area contributed by atoms with Crippen LogP contribution in [0.4, 0.5) is 5.69 Å². The Labute approximate surface area is 118 Å². The fourth-order valence-electron chi connectivity index (χ4n) is 1.88. The molecule has 0 saturated carbocycles. The molecule has 110 valence electrons. The molecule has 1 aromatic carbocycles. The minimum absolute atomic E-state index is 0.168. The molecule has 0 heterocycles. The molecule has 6 heteroatoms. The number of rotatable bonds is 6. The maximum atomic E-state index is 11.8. The van der Waals surface area contributed by atoms with Crippen molar-refractivity contribution >= 4 is 17.5 Å². The van der Waals surface area contributed by atoms with Crippen molar-refractivity contribution < 1.29 is 14.7 Å². The Morgan fingerprint density at radius 2 is 1.85 bits per heavy atom. The summed E-state index contributed by atoms with van der Waals surface area (Å²) in [6.07, 6.45) is 0. The van der Waals surface area contributed by atoms with Crippen molar-refractivity contribution in [3.05, 3.63) is 29.8 Å². The maximum absolute atomic E-state index is 11.8. The Hall–Kier alpha value is -1.92. The SMILES string of the molecule is CN(CC(=O)Nc1ccc(C(N)=O)cc1)CC(C)(C)O. The number of nitrogens with two attached hydrogens (primary N) is 1. The Morgan fingerprint density at radius 1 is 1.30 bits per heavy atom. The number of hydrogen-bond acceptors (Lipinski definition) is 4. The van der Waals surface area contributed by atoms with Crippen molar-refractivity contribution in [1.82, 2.24) is 4.90 Å². The fraction of sp³-hybridized carbons (Fsp3) is 0.429. The van der Waals surface area contributed by atoms with E-state index in [1.54, 1.807) is 50.1 Å². The molecule has 1 aromatic rings. The number of carbonyl (C=O) groups is 2. The van der Waals surface area contributed by atoms with Crippen LogP contribution in [0.3, 0.4) is 0 Å². The van der Waals surface area contributed by atoms with Crippen molar-refractivity contribution in [2.45, 2.75) is 19.4 Å². The van der Waals surface area contributed by atoms with Gasteiger partial charge in [0.1, 0.15) is 0 Å². The summed E-state index contributed by atoms with van der Waals surface area (Å²) >= 11 is 0. The van der Waals surface area contributed by atoms with Gasteiger partial charge in [0, 0.05) is 17.8 Å². The number of carbonyl (C=O) groups excluding carboxylic acids is 2. The number of nitrogens with zero attached hydrogens (tertiary/aromatic N) is 1. The highest BCUT2D eigenvalue weighted by molar-refractivity contribution is 5.95. The van der Waals surface area contributed by atoms with E-state index in [2.05, 4.69) is 5.32 Å². The first-order chi connectivity index (χ1) is 9.17. The lowest BCUT2D eigenvalue weighted by Crippen LogP contribution is -2.40. The quantitative estimate of drug-likeness (QED) is 0.703. The van der Waals surface area contributed by atoms with Gasteiger partial charge < -0.3 is 16.2 Å². The van der Waals surface area contributed by atoms with Gasteiger partial charge in [0.25, 0.3) is 0 Å². The van der Waals surface area contributed by atoms with Crippen molar-refractivity contribution in [3.8, 4) is 0 Å². The number of benzene rings is 1. The predicted molar refractivity (Wildman–Crippen MR) is 77.4 cm³/mol. The first-order valence-corrected chi connectivity index (χ1v) is 6.28. The van der Waals surface area contributed by atoms with E-state index in [1.165, 1.54) is 0 Å². The van der Waals surface area contributed by atoms with Gasteiger partial charge in [-0.15, -0.1) is 0 Å². The molecule has 2 amide bonds. The molecule has 0 aliphatic rings. The van der Waals surface area contributed by atoms with E-state index in [1.807, 2.05) is 0 Å². The molecule has 0 spiro atoms. The second kappa shape index (κ2) is 6.49. The number of likely N-dealkylation sites (N-methyl/N-ethyl adjacent to an activating group) is 1. The van der Waals surface area contributed by atoms with E-state index in [4.69, 9.17) is 5.73 Å². The molecule has 0 aliphatic heterocycles. The molecule has 0 aromatic heterocycles. The summed E-state index contributed by atoms with van der Waals surface area (Å²) in [7, 11) is 1.76. The number of hydrogen-bond donors (Lipinski definition) is 3. The number of primary amides is 1. The first kappa shape index (κ1) is 16.1. The Balaban J connectivity index is 2.52. The number of aliphatic hydroxyl groups is 1. The minimum atomic E-state index is -0.849. The summed E-state index contributed by atoms with van der Waals surface area (Å²) < 4.78 is 0. The van der Waals surface area contributed by atoms with E-state index < -0.39 is 11.5 Å². The normalized spacial score (nSPS) is 11.4. The highest BCUT2D eigenvalue weighted by Gasteiger charge is 2.17. The molecule has 0 aliphatic carbocycles. The van der Waals surface area contributed by atoms with Crippen LogP contribution >= 0.6 is 0 Å². The van der Waals surface area contributed by atoms with Crippen LogP contribution in [-0.2, 0) is 4.79 Å². The average molecular weight is 279 g/mol. The van der Waals surface area contributed by atoms with Crippen molar-refractivity contribution in [2.24, 2.45) is 5.73 Å². The van der Waals surface area contributed by atoms with Gasteiger partial charge in [-0.2, -0.15) is 0 Å². The van der Waals surface area contributed by atoms with E-state index in [0.29, 0.717) is 17.8 Å². The molecule has 0 radical (unpaired) electrons. The maximum Gasteiger partial charge on any atom is 0.248 e. The molecule has 0 unspecified atom stereocenters. The predicted octanol–water partition coefficient (Wildman–Crippen LogP) is 0.427. The van der Waals surface area contributed by atoms with Crippen LogP contribution in [0.5, 0.6) is 0 Å². The van der Waals surface area contributed by atoms with Crippen LogP contribution in [0, 0.1) is 0 Å². The summed E-state index contributed by atoms with van der Waals surface area (Å²) in [5, 5.41) is 12.4. The highest BCUT2D eigenvalue weighted by Crippen LogP contribution is 2.09. The number of amides is 2. The number of nitrogens with one attached hydrogen (secondary N) is 1. The zero-order valence-corrected chi connectivity index (χ0v) is 12.0. The lowest BCUT2D eigenvalue weighted by atomic mass is 10.1. The van der Waals surface area contributed by atoms with E-state index in [-0.39, 0.29) is 12.5 Å². The van der Waals surface area contributed by atoms with E-state index in [0.717, 1.165) is 0 Å². The average Bonchev–Trinajstić information content (AvgIpc) is 2.26. The van der Waals surface area contributed by atoms with Gasteiger partial charge >= 0.3 is 0 Å². The summed E-state index contributed by atoms with van der Waals surface area (Å²) in [6, 6.07) is 6.35. The smallest absolute Gasteiger partial charge is 0.248 e. The van der Waals surface area contributed by atoms with Gasteiger partial charge in [0.2, 0.25) is 11.8 Å². The molecule has 1 rings (SSSR count). The molecule has 0 bridgehead atoms. The summed E-state index contributed by atoms with van der Waals surface area (Å²) in [5.41, 5.74) is 5.27. The molecule has 20 heavy (non-hydrogen) atoms. The Bertz CT molecular complexity index is 477. The van der Waals surface area contributed by atoms with Gasteiger partial charge in [0.05, 0.1) is 12.1 Å². The van der Waals surface area contributed by atoms with Crippen LogP contribution in [0.2, 0.25) is 0 Å². The molecule has 0 fully saturated rings. The van der Waals surface area contributed by atoms with Gasteiger partial charge in [0.15, 0.2) is 0 Å². The summed E-state index contributed by atoms with van der Waals surface area (Å²) in [5.74, 6) is -0.698. The van der Waals surface area contributed by atoms with Crippen LogP contribution < -0.4 is 11.1 Å². The van der Waals surface area contributed by atoms with Crippen LogP contribution in [0.25, 0.3) is 0 Å². The third-order valence-electron chi connectivity index (χ3n) is 2.52. The molecule has 6 nitrogen and oxygen atoms in total. The summed E-state index contributed by atoms with van der Waals surface area (Å²) in [4.78, 5) is 24.4. The second-order valence-corrected chi connectivity index (χ2v) is 5.47. The summed E-state index contributed by atoms with van der Waals surface area (Å²) in [6.45, 7) is 3.93. The lowest BCUT2D eigenvalue weighted by molar-refractivity contribution is -0.117. The van der Waals surface area contributed by atoms with Crippen molar-refractivity contribution in [1.29, 1.82) is 0 Å². The molecule has 4 N–H and O–H groups in total. The largest absolute Gasteiger partial charge is 0.389 e. The first-order valence-electron chi connectivity index (χ1n) is 6.28. The Morgan fingerprint density at radius 3 is 2.30 bits per heavy atom. The lowest BCUT2D eigenvalue weighted by Gasteiger charge is -2.24. The van der Waals surface area contributed by atoms with Gasteiger partial charge in [-0.1, -0.05) is 0 Å². The van der Waals surface area contributed by atoms with Gasteiger partial charge in [-0.05, 0) is 45.2 Å². The van der Waals surface area contributed by atoms with E-state index >= 15 is 0 Å². The highest BCUT2D eigenvalue weighted by atomic mass is 16.3. The third kappa shape index (κ3) is 5.81. The zero-order valence-electron chi connectivity index (χ0n) is 12.0. The standard InChI is InChI=1S/C14H21N3O3/c1-14(2,20)9-17(3)8-12(18)16-11-6-4-10(5-7-11)13(15)19/h4-7,20H,8-9H2,1-3H3,(H2,15,19)(H,16,18). The molecule has 0 saturated heterocycles. The topological polar surface area (TPSA) is 95.7 Å². The fourth-order valence-corrected chi connectivity index (χ4v) is 1.88. The minimum Gasteiger partial charge on any atom is -0.389 e.